The Labute approximate surface area is 215 Å². The number of hydrogen-bond donors (Lipinski definition) is 1. The fourth-order valence-electron chi connectivity index (χ4n) is 4.49. The van der Waals surface area contributed by atoms with Crippen molar-refractivity contribution in [3.63, 3.8) is 0 Å². The van der Waals surface area contributed by atoms with E-state index in [1.165, 1.54) is 4.90 Å². The van der Waals surface area contributed by atoms with E-state index in [0.717, 1.165) is 24.6 Å². The number of aromatic amines is 1. The van der Waals surface area contributed by atoms with E-state index in [2.05, 4.69) is 9.97 Å². The molecule has 4 aromatic rings. The summed E-state index contributed by atoms with van der Waals surface area (Å²) in [5, 5.41) is 0.786. The summed E-state index contributed by atoms with van der Waals surface area (Å²) in [4.78, 5) is 36.3. The number of aromatic nitrogens is 2. The van der Waals surface area contributed by atoms with Gasteiger partial charge in [-0.15, -0.1) is 0 Å². The van der Waals surface area contributed by atoms with Crippen LogP contribution in [0, 0.1) is 0 Å². The van der Waals surface area contributed by atoms with E-state index in [9.17, 15) is 9.59 Å². The van der Waals surface area contributed by atoms with Gasteiger partial charge in [0.05, 0.1) is 19.0 Å². The van der Waals surface area contributed by atoms with Crippen molar-refractivity contribution in [2.24, 2.45) is 0 Å². The van der Waals surface area contributed by atoms with Gasteiger partial charge in [-0.25, -0.2) is 4.98 Å². The molecule has 8 heteroatoms. The zero-order valence-electron chi connectivity index (χ0n) is 20.6. The summed E-state index contributed by atoms with van der Waals surface area (Å²) >= 11 is 0. The molecule has 0 spiro atoms. The Morgan fingerprint density at radius 3 is 2.30 bits per heavy atom. The molecule has 0 saturated carbocycles. The molecular weight excluding hydrogens is 470 g/mol. The van der Waals surface area contributed by atoms with Crippen LogP contribution in [0.2, 0.25) is 0 Å². The van der Waals surface area contributed by atoms with Crippen molar-refractivity contribution < 1.29 is 23.8 Å². The van der Waals surface area contributed by atoms with Gasteiger partial charge < -0.3 is 19.2 Å². The van der Waals surface area contributed by atoms with Crippen molar-refractivity contribution in [3.8, 4) is 5.75 Å². The Morgan fingerprint density at radius 1 is 1.03 bits per heavy atom. The lowest BCUT2D eigenvalue weighted by Gasteiger charge is -2.30. The molecular formula is C29H29N3O5. The first kappa shape index (κ1) is 24.7. The van der Waals surface area contributed by atoms with E-state index in [0.29, 0.717) is 34.8 Å². The van der Waals surface area contributed by atoms with E-state index in [1.54, 1.807) is 67.9 Å². The summed E-state index contributed by atoms with van der Waals surface area (Å²) in [5.41, 5.74) is 2.13. The van der Waals surface area contributed by atoms with Gasteiger partial charge in [0.2, 0.25) is 0 Å². The lowest BCUT2D eigenvalue weighted by Crippen LogP contribution is -2.41. The number of ether oxygens (including phenoxy) is 3. The minimum Gasteiger partial charge on any atom is -0.496 e. The average molecular weight is 500 g/mol. The van der Waals surface area contributed by atoms with Gasteiger partial charge in [0.25, 0.3) is 11.8 Å². The molecule has 1 saturated heterocycles. The molecule has 37 heavy (non-hydrogen) atoms. The van der Waals surface area contributed by atoms with Crippen LogP contribution in [-0.4, -0.2) is 53.2 Å². The quantitative estimate of drug-likeness (QED) is 0.338. The zero-order chi connectivity index (χ0) is 25.6. The fourth-order valence-corrected chi connectivity index (χ4v) is 4.49. The van der Waals surface area contributed by atoms with Crippen LogP contribution in [0.3, 0.4) is 0 Å². The largest absolute Gasteiger partial charge is 0.496 e. The number of benzene rings is 2. The minimum absolute atomic E-state index is 0.0174. The van der Waals surface area contributed by atoms with Gasteiger partial charge in [0, 0.05) is 29.6 Å². The molecule has 190 valence electrons. The maximum absolute atomic E-state index is 13.7. The summed E-state index contributed by atoms with van der Waals surface area (Å²) in [6.45, 7) is 0.589. The number of carbonyl (C=O) groups is 2. The van der Waals surface area contributed by atoms with Crippen LogP contribution >= 0.6 is 0 Å². The topological polar surface area (TPSA) is 93.8 Å². The highest BCUT2D eigenvalue weighted by molar-refractivity contribution is 6.10. The lowest BCUT2D eigenvalue weighted by molar-refractivity contribution is -0.191. The van der Waals surface area contributed by atoms with Gasteiger partial charge in [-0.2, -0.15) is 0 Å². The van der Waals surface area contributed by atoms with Crippen molar-refractivity contribution >= 4 is 22.8 Å². The molecule has 2 amide bonds. The number of pyridine rings is 1. The molecule has 5 rings (SSSR count). The predicted octanol–water partition coefficient (Wildman–Crippen LogP) is 5.14. The number of carbonyl (C=O) groups excluding carboxylic acids is 2. The number of hydrogen-bond acceptors (Lipinski definition) is 6. The van der Waals surface area contributed by atoms with Crippen molar-refractivity contribution in [1.29, 1.82) is 0 Å². The Morgan fingerprint density at radius 2 is 1.70 bits per heavy atom. The van der Waals surface area contributed by atoms with Gasteiger partial charge in [-0.3, -0.25) is 14.5 Å². The van der Waals surface area contributed by atoms with Crippen LogP contribution in [0.15, 0.2) is 79.0 Å². The third-order valence-corrected chi connectivity index (χ3v) is 6.41. The van der Waals surface area contributed by atoms with E-state index < -0.39 is 24.2 Å². The lowest BCUT2D eigenvalue weighted by atomic mass is 10.1. The molecule has 2 aromatic heterocycles. The van der Waals surface area contributed by atoms with Crippen LogP contribution < -0.4 is 4.74 Å². The molecule has 0 radical (unpaired) electrons. The monoisotopic (exact) mass is 499 g/mol. The molecule has 2 atom stereocenters. The number of nitrogens with one attached hydrogen (secondary N) is 1. The highest BCUT2D eigenvalue weighted by Gasteiger charge is 2.31. The van der Waals surface area contributed by atoms with E-state index >= 15 is 0 Å². The summed E-state index contributed by atoms with van der Waals surface area (Å²) in [5.74, 6) is -0.142. The third kappa shape index (κ3) is 5.55. The predicted molar refractivity (Wildman–Crippen MR) is 138 cm³/mol. The SMILES string of the molecule is COc1ccnc2[nH]c(C(CN(C(=O)c3ccccc3)C(=O)c3ccccc3)OC3CCCCO3)cc12. The molecule has 1 aliphatic heterocycles. The summed E-state index contributed by atoms with van der Waals surface area (Å²) in [7, 11) is 1.60. The summed E-state index contributed by atoms with van der Waals surface area (Å²) < 4.78 is 17.8. The summed E-state index contributed by atoms with van der Waals surface area (Å²) in [6, 6.07) is 21.2. The van der Waals surface area contributed by atoms with Gasteiger partial charge in [-0.05, 0) is 55.7 Å². The average Bonchev–Trinajstić information content (AvgIpc) is 3.41. The number of fused-ring (bicyclic) bond motifs is 1. The van der Waals surface area contributed by atoms with Gasteiger partial charge in [-0.1, -0.05) is 36.4 Å². The molecule has 1 N–H and O–H groups in total. The molecule has 0 aliphatic carbocycles. The molecule has 8 nitrogen and oxygen atoms in total. The van der Waals surface area contributed by atoms with E-state index in [1.807, 2.05) is 18.2 Å². The highest BCUT2D eigenvalue weighted by Crippen LogP contribution is 2.31. The van der Waals surface area contributed by atoms with Crippen LogP contribution in [0.1, 0.15) is 51.8 Å². The Bertz CT molecular complexity index is 1300. The van der Waals surface area contributed by atoms with Crippen LogP contribution in [0.5, 0.6) is 5.75 Å². The van der Waals surface area contributed by atoms with Crippen LogP contribution in [0.25, 0.3) is 11.0 Å². The summed E-state index contributed by atoms with van der Waals surface area (Å²) in [6.07, 6.45) is 3.23. The minimum atomic E-state index is -0.678. The van der Waals surface area contributed by atoms with Crippen molar-refractivity contribution in [1.82, 2.24) is 14.9 Å². The maximum atomic E-state index is 13.7. The Kier molecular flexibility index (Phi) is 7.58. The first-order valence-electron chi connectivity index (χ1n) is 12.4. The first-order chi connectivity index (χ1) is 18.1. The second-order valence-electron chi connectivity index (χ2n) is 8.87. The fraction of sp³-hybridized carbons (Fsp3) is 0.276. The van der Waals surface area contributed by atoms with Gasteiger partial charge in [0.15, 0.2) is 6.29 Å². The molecule has 1 aliphatic rings. The van der Waals surface area contributed by atoms with Gasteiger partial charge in [0.1, 0.15) is 17.5 Å². The molecule has 3 heterocycles. The number of methoxy groups -OCH3 is 1. The molecule has 2 aromatic carbocycles. The molecule has 0 bridgehead atoms. The second-order valence-corrected chi connectivity index (χ2v) is 8.87. The second kappa shape index (κ2) is 11.4. The van der Waals surface area contributed by atoms with E-state index in [4.69, 9.17) is 14.2 Å². The zero-order valence-corrected chi connectivity index (χ0v) is 20.6. The Hall–Kier alpha value is -4.01. The normalized spacial score (nSPS) is 16.3. The van der Waals surface area contributed by atoms with Crippen LogP contribution in [-0.2, 0) is 9.47 Å². The standard InChI is InChI=1S/C29H29N3O5/c1-35-24-15-16-30-27-22(24)18-23(31-27)25(37-26-14-8-9-17-36-26)19-32(28(33)20-10-4-2-5-11-20)29(34)21-12-6-3-7-13-21/h2-7,10-13,15-16,18,25-26H,8-9,14,17,19H2,1H3,(H,30,31). The van der Waals surface area contributed by atoms with E-state index in [-0.39, 0.29) is 6.54 Å². The van der Waals surface area contributed by atoms with Crippen molar-refractivity contribution in [2.75, 3.05) is 20.3 Å². The third-order valence-electron chi connectivity index (χ3n) is 6.41. The molecule has 1 fully saturated rings. The van der Waals surface area contributed by atoms with Gasteiger partial charge >= 0.3 is 0 Å². The number of H-pyrrole nitrogens is 1. The smallest absolute Gasteiger partial charge is 0.260 e. The number of nitrogens with zero attached hydrogens (tertiary/aromatic N) is 2. The van der Waals surface area contributed by atoms with Crippen molar-refractivity contribution in [3.05, 3.63) is 95.8 Å². The highest BCUT2D eigenvalue weighted by atomic mass is 16.7. The number of imide groups is 1. The maximum Gasteiger partial charge on any atom is 0.260 e. The number of amides is 2. The Balaban J connectivity index is 1.53. The molecule has 2 unspecified atom stereocenters. The van der Waals surface area contributed by atoms with Crippen molar-refractivity contribution in [2.45, 2.75) is 31.7 Å². The van der Waals surface area contributed by atoms with Crippen LogP contribution in [0.4, 0.5) is 0 Å². The first-order valence-corrected chi connectivity index (χ1v) is 12.4. The number of rotatable bonds is 8.